The average molecular weight is 381 g/mol. The van der Waals surface area contributed by atoms with Crippen LogP contribution in [0.2, 0.25) is 0 Å². The van der Waals surface area contributed by atoms with E-state index in [2.05, 4.69) is 17.2 Å². The Morgan fingerprint density at radius 1 is 1.15 bits per heavy atom. The average Bonchev–Trinajstić information content (AvgIpc) is 3.17. The molecule has 0 aliphatic rings. The molecule has 0 aliphatic carbocycles. The predicted octanol–water partition coefficient (Wildman–Crippen LogP) is 4.45. The van der Waals surface area contributed by atoms with Gasteiger partial charge in [-0.1, -0.05) is 25.1 Å². The zero-order chi connectivity index (χ0) is 19.4. The van der Waals surface area contributed by atoms with E-state index in [0.29, 0.717) is 6.42 Å². The first kappa shape index (κ1) is 19.0. The Balaban J connectivity index is 1.85. The van der Waals surface area contributed by atoms with Crippen LogP contribution < -0.4 is 5.32 Å². The lowest BCUT2D eigenvalue weighted by Crippen LogP contribution is -2.23. The second-order valence-corrected chi connectivity index (χ2v) is 7.53. The summed E-state index contributed by atoms with van der Waals surface area (Å²) in [5.74, 6) is 1.68. The maximum Gasteiger partial charge on any atom is 0.226 e. The van der Waals surface area contributed by atoms with Crippen molar-refractivity contribution in [3.63, 3.8) is 0 Å². The largest absolute Gasteiger partial charge is 0.349 e. The van der Waals surface area contributed by atoms with E-state index in [9.17, 15) is 4.79 Å². The Morgan fingerprint density at radius 2 is 1.89 bits per heavy atom. The first-order chi connectivity index (χ1) is 13.0. The summed E-state index contributed by atoms with van der Waals surface area (Å²) in [6.07, 6.45) is 1.26. The minimum Gasteiger partial charge on any atom is -0.349 e. The number of hydrogen-bond donors (Lipinski definition) is 1. The van der Waals surface area contributed by atoms with Crippen molar-refractivity contribution in [3.05, 3.63) is 58.6 Å². The third-order valence-corrected chi connectivity index (χ3v) is 5.25. The minimum absolute atomic E-state index is 0.0935. The van der Waals surface area contributed by atoms with Gasteiger partial charge in [0.15, 0.2) is 5.82 Å². The number of likely N-dealkylation sites (N-methyl/N-ethyl adjacent to an activating group) is 1. The van der Waals surface area contributed by atoms with E-state index in [1.807, 2.05) is 48.7 Å². The molecule has 0 spiro atoms. The Morgan fingerprint density at radius 3 is 2.48 bits per heavy atom. The monoisotopic (exact) mass is 380 g/mol. The van der Waals surface area contributed by atoms with Crippen molar-refractivity contribution in [1.82, 2.24) is 14.9 Å². The fraction of sp³-hybridized carbons (Fsp3) is 0.286. The van der Waals surface area contributed by atoms with E-state index in [-0.39, 0.29) is 5.91 Å². The number of aryl methyl sites for hydroxylation is 1. The zero-order valence-electron chi connectivity index (χ0n) is 16.1. The molecular weight excluding hydrogens is 356 g/mol. The number of nitrogens with zero attached hydrogens (tertiary/aromatic N) is 3. The molecule has 0 unspecified atom stereocenters. The van der Waals surface area contributed by atoms with E-state index in [1.165, 1.54) is 0 Å². The van der Waals surface area contributed by atoms with Crippen molar-refractivity contribution in [1.29, 1.82) is 0 Å². The highest BCUT2D eigenvalue weighted by Crippen LogP contribution is 2.27. The third kappa shape index (κ3) is 4.52. The summed E-state index contributed by atoms with van der Waals surface area (Å²) in [6, 6.07) is 12.0. The molecule has 27 heavy (non-hydrogen) atoms. The highest BCUT2D eigenvalue weighted by atomic mass is 32.1. The van der Waals surface area contributed by atoms with Crippen molar-refractivity contribution in [2.75, 3.05) is 19.4 Å². The van der Waals surface area contributed by atoms with Crippen LogP contribution in [0.15, 0.2) is 41.8 Å². The molecule has 0 atom stereocenters. The summed E-state index contributed by atoms with van der Waals surface area (Å²) in [4.78, 5) is 23.9. The van der Waals surface area contributed by atoms with E-state index in [1.54, 1.807) is 30.3 Å². The Kier molecular flexibility index (Phi) is 5.86. The highest BCUT2D eigenvalue weighted by Gasteiger charge is 2.13. The van der Waals surface area contributed by atoms with E-state index >= 15 is 0 Å². The molecule has 0 saturated heterocycles. The minimum atomic E-state index is 0.0935. The molecule has 1 N–H and O–H groups in total. The molecule has 0 bridgehead atoms. The quantitative estimate of drug-likeness (QED) is 0.686. The molecule has 0 aliphatic heterocycles. The molecule has 140 valence electrons. The lowest BCUT2D eigenvalue weighted by molar-refractivity contribution is -0.127. The second kappa shape index (κ2) is 8.31. The second-order valence-electron chi connectivity index (χ2n) is 6.58. The normalized spacial score (nSPS) is 10.7. The van der Waals surface area contributed by atoms with E-state index < -0.39 is 0 Å². The Bertz CT molecular complexity index is 918. The van der Waals surface area contributed by atoms with Crippen LogP contribution in [0.5, 0.6) is 0 Å². The molecule has 6 heteroatoms. The number of thiophene rings is 1. The van der Waals surface area contributed by atoms with Crippen LogP contribution in [0.3, 0.4) is 0 Å². The number of nitrogens with one attached hydrogen (secondary N) is 1. The van der Waals surface area contributed by atoms with Crippen molar-refractivity contribution in [2.45, 2.75) is 26.7 Å². The van der Waals surface area contributed by atoms with Crippen LogP contribution in [0.4, 0.5) is 11.5 Å². The number of amides is 1. The first-order valence-electron chi connectivity index (χ1n) is 8.95. The maximum absolute atomic E-state index is 11.9. The highest BCUT2D eigenvalue weighted by molar-refractivity contribution is 7.13. The van der Waals surface area contributed by atoms with Crippen LogP contribution >= 0.6 is 11.3 Å². The van der Waals surface area contributed by atoms with Gasteiger partial charge in [-0.3, -0.25) is 4.79 Å². The molecule has 2 aromatic heterocycles. The molecule has 1 aromatic carbocycles. The third-order valence-electron chi connectivity index (χ3n) is 4.38. The Labute approximate surface area is 164 Å². The van der Waals surface area contributed by atoms with Crippen molar-refractivity contribution < 1.29 is 4.79 Å². The van der Waals surface area contributed by atoms with Gasteiger partial charge in [0.2, 0.25) is 5.91 Å². The number of anilines is 2. The van der Waals surface area contributed by atoms with Gasteiger partial charge in [0.25, 0.3) is 0 Å². The lowest BCUT2D eigenvalue weighted by Gasteiger charge is -2.14. The van der Waals surface area contributed by atoms with Gasteiger partial charge in [0.05, 0.1) is 11.3 Å². The number of benzene rings is 1. The smallest absolute Gasteiger partial charge is 0.226 e. The number of rotatable bonds is 6. The topological polar surface area (TPSA) is 58.1 Å². The summed E-state index contributed by atoms with van der Waals surface area (Å²) >= 11 is 1.63. The SMILES string of the molecule is CCc1c(C)nc(-c2cccs2)nc1Nc1ccc(CC(=O)N(C)C)cc1. The molecule has 0 saturated carbocycles. The van der Waals surface area contributed by atoms with Gasteiger partial charge in [0, 0.05) is 31.0 Å². The molecule has 1 amide bonds. The number of aromatic nitrogens is 2. The lowest BCUT2D eigenvalue weighted by atomic mass is 10.1. The molecular formula is C21H24N4OS. The molecule has 3 rings (SSSR count). The van der Waals surface area contributed by atoms with Gasteiger partial charge >= 0.3 is 0 Å². The fourth-order valence-electron chi connectivity index (χ4n) is 2.81. The summed E-state index contributed by atoms with van der Waals surface area (Å²) in [6.45, 7) is 4.14. The van der Waals surface area contributed by atoms with Gasteiger partial charge in [-0.2, -0.15) is 0 Å². The number of hydrogen-bond acceptors (Lipinski definition) is 5. The summed E-state index contributed by atoms with van der Waals surface area (Å²) in [5, 5.41) is 5.46. The van der Waals surface area contributed by atoms with Gasteiger partial charge in [-0.25, -0.2) is 9.97 Å². The predicted molar refractivity (Wildman–Crippen MR) is 112 cm³/mol. The molecule has 3 aromatic rings. The van der Waals surface area contributed by atoms with Gasteiger partial charge in [0.1, 0.15) is 5.82 Å². The molecule has 5 nitrogen and oxygen atoms in total. The van der Waals surface area contributed by atoms with Crippen LogP contribution in [0.25, 0.3) is 10.7 Å². The van der Waals surface area contributed by atoms with Gasteiger partial charge in [-0.15, -0.1) is 11.3 Å². The first-order valence-corrected chi connectivity index (χ1v) is 9.83. The molecule has 0 fully saturated rings. The summed E-state index contributed by atoms with van der Waals surface area (Å²) in [7, 11) is 3.54. The molecule has 0 radical (unpaired) electrons. The number of carbonyl (C=O) groups excluding carboxylic acids is 1. The van der Waals surface area contributed by atoms with Gasteiger partial charge in [-0.05, 0) is 42.5 Å². The van der Waals surface area contributed by atoms with Crippen LogP contribution in [-0.4, -0.2) is 34.9 Å². The standard InChI is InChI=1S/C21H24N4OS/c1-5-17-14(2)22-21(18-7-6-12-27-18)24-20(17)23-16-10-8-15(9-11-16)13-19(26)25(3)4/h6-12H,5,13H2,1-4H3,(H,22,23,24). The van der Waals surface area contributed by atoms with E-state index in [4.69, 9.17) is 4.98 Å². The van der Waals surface area contributed by atoms with E-state index in [0.717, 1.165) is 45.4 Å². The van der Waals surface area contributed by atoms with Crippen molar-refractivity contribution in [3.8, 4) is 10.7 Å². The van der Waals surface area contributed by atoms with Crippen molar-refractivity contribution >= 4 is 28.7 Å². The van der Waals surface area contributed by atoms with Gasteiger partial charge < -0.3 is 10.2 Å². The Hall–Kier alpha value is -2.73. The summed E-state index contributed by atoms with van der Waals surface area (Å²) < 4.78 is 0. The van der Waals surface area contributed by atoms with Crippen LogP contribution in [-0.2, 0) is 17.6 Å². The molecule has 2 heterocycles. The maximum atomic E-state index is 11.9. The zero-order valence-corrected chi connectivity index (χ0v) is 16.9. The fourth-order valence-corrected chi connectivity index (χ4v) is 3.47. The summed E-state index contributed by atoms with van der Waals surface area (Å²) in [5.41, 5.74) is 4.04. The number of carbonyl (C=O) groups is 1. The van der Waals surface area contributed by atoms with Crippen LogP contribution in [0.1, 0.15) is 23.7 Å². The van der Waals surface area contributed by atoms with Crippen molar-refractivity contribution in [2.24, 2.45) is 0 Å². The van der Waals surface area contributed by atoms with Crippen LogP contribution in [0, 0.1) is 6.92 Å².